The first-order valence-corrected chi connectivity index (χ1v) is 10.4. The van der Waals surface area contributed by atoms with Gasteiger partial charge in [-0.15, -0.1) is 0 Å². The molecule has 3 aromatic rings. The van der Waals surface area contributed by atoms with E-state index in [2.05, 4.69) is 28.5 Å². The lowest BCUT2D eigenvalue weighted by Crippen LogP contribution is -2.37. The van der Waals surface area contributed by atoms with Gasteiger partial charge in [-0.2, -0.15) is 0 Å². The zero-order valence-electron chi connectivity index (χ0n) is 17.0. The molecule has 1 aliphatic rings. The number of hydrogen-bond acceptors (Lipinski definition) is 3. The van der Waals surface area contributed by atoms with Gasteiger partial charge in [-0.05, 0) is 49.1 Å². The average Bonchev–Trinajstić information content (AvgIpc) is 3.12. The van der Waals surface area contributed by atoms with Crippen LogP contribution in [0.1, 0.15) is 43.2 Å². The summed E-state index contributed by atoms with van der Waals surface area (Å²) in [6.07, 6.45) is 5.20. The maximum Gasteiger partial charge on any atom is 0.223 e. The van der Waals surface area contributed by atoms with Crippen LogP contribution in [0.2, 0.25) is 0 Å². The van der Waals surface area contributed by atoms with E-state index >= 15 is 0 Å². The summed E-state index contributed by atoms with van der Waals surface area (Å²) in [6, 6.07) is 14.3. The van der Waals surface area contributed by atoms with E-state index in [4.69, 9.17) is 9.47 Å². The topological polar surface area (TPSA) is 63.3 Å². The normalized spacial score (nSPS) is 15.0. The van der Waals surface area contributed by atoms with E-state index in [1.54, 1.807) is 7.11 Å². The Balaban J connectivity index is 1.68. The third-order valence-corrected chi connectivity index (χ3v) is 5.84. The molecule has 1 aromatic heterocycles. The van der Waals surface area contributed by atoms with Gasteiger partial charge in [0.05, 0.1) is 13.7 Å². The molecule has 29 heavy (non-hydrogen) atoms. The number of H-pyrrole nitrogens is 1. The van der Waals surface area contributed by atoms with Gasteiger partial charge >= 0.3 is 0 Å². The Morgan fingerprint density at radius 1 is 1.21 bits per heavy atom. The molecule has 5 heteroatoms. The number of carbonyl (C=O) groups is 1. The quantitative estimate of drug-likeness (QED) is 0.588. The molecule has 1 fully saturated rings. The largest absolute Gasteiger partial charge is 0.493 e. The van der Waals surface area contributed by atoms with Crippen molar-refractivity contribution in [3.63, 3.8) is 0 Å². The van der Waals surface area contributed by atoms with E-state index in [-0.39, 0.29) is 17.7 Å². The number of para-hydroxylation sites is 1. The monoisotopic (exact) mass is 392 g/mol. The highest BCUT2D eigenvalue weighted by Gasteiger charge is 2.27. The van der Waals surface area contributed by atoms with Crippen molar-refractivity contribution in [3.8, 4) is 11.5 Å². The molecule has 4 rings (SSSR count). The summed E-state index contributed by atoms with van der Waals surface area (Å²) in [5.74, 6) is 1.79. The number of rotatable bonds is 8. The molecule has 1 amide bonds. The van der Waals surface area contributed by atoms with E-state index in [0.29, 0.717) is 18.9 Å². The summed E-state index contributed by atoms with van der Waals surface area (Å²) in [7, 11) is 1.65. The molecule has 0 aliphatic heterocycles. The number of hydrogen-bond donors (Lipinski definition) is 2. The lowest BCUT2D eigenvalue weighted by Gasteiger charge is -2.26. The van der Waals surface area contributed by atoms with Crippen molar-refractivity contribution >= 4 is 16.8 Å². The van der Waals surface area contributed by atoms with Crippen LogP contribution >= 0.6 is 0 Å². The molecule has 1 saturated carbocycles. The molecule has 0 spiro atoms. The van der Waals surface area contributed by atoms with E-state index in [1.165, 1.54) is 10.9 Å². The average molecular weight is 392 g/mol. The van der Waals surface area contributed by atoms with Gasteiger partial charge in [-0.1, -0.05) is 30.7 Å². The lowest BCUT2D eigenvalue weighted by molar-refractivity contribution is -0.127. The van der Waals surface area contributed by atoms with Gasteiger partial charge in [0.15, 0.2) is 11.5 Å². The second-order valence-electron chi connectivity index (χ2n) is 7.56. The van der Waals surface area contributed by atoms with Crippen LogP contribution in [-0.4, -0.2) is 31.2 Å². The zero-order valence-corrected chi connectivity index (χ0v) is 17.0. The van der Waals surface area contributed by atoms with Crippen molar-refractivity contribution in [1.29, 1.82) is 0 Å². The molecule has 0 bridgehead atoms. The van der Waals surface area contributed by atoms with E-state index in [1.807, 2.05) is 37.4 Å². The molecule has 0 unspecified atom stereocenters. The van der Waals surface area contributed by atoms with Crippen molar-refractivity contribution in [2.24, 2.45) is 5.92 Å². The minimum absolute atomic E-state index is 0.0137. The van der Waals surface area contributed by atoms with Crippen LogP contribution < -0.4 is 14.8 Å². The fraction of sp³-hybridized carbons (Fsp3) is 0.375. The van der Waals surface area contributed by atoms with E-state index in [0.717, 1.165) is 36.1 Å². The van der Waals surface area contributed by atoms with Crippen LogP contribution in [-0.2, 0) is 4.79 Å². The van der Waals surface area contributed by atoms with Crippen molar-refractivity contribution in [3.05, 3.63) is 59.8 Å². The molecule has 1 atom stereocenters. The number of methoxy groups -OCH3 is 1. The number of ether oxygens (including phenoxy) is 2. The molecule has 2 N–H and O–H groups in total. The first kappa shape index (κ1) is 19.4. The predicted octanol–water partition coefficient (Wildman–Crippen LogP) is 4.62. The van der Waals surface area contributed by atoms with Crippen LogP contribution in [0, 0.1) is 5.92 Å². The molecule has 1 heterocycles. The Kier molecular flexibility index (Phi) is 5.74. The molecule has 1 aliphatic carbocycles. The van der Waals surface area contributed by atoms with Crippen LogP contribution in [0.3, 0.4) is 0 Å². The Morgan fingerprint density at radius 3 is 2.76 bits per heavy atom. The van der Waals surface area contributed by atoms with E-state index in [9.17, 15) is 4.79 Å². The highest BCUT2D eigenvalue weighted by atomic mass is 16.5. The number of nitrogens with one attached hydrogen (secondary N) is 2. The second-order valence-corrected chi connectivity index (χ2v) is 7.56. The highest BCUT2D eigenvalue weighted by Crippen LogP contribution is 2.36. The molecular weight excluding hydrogens is 364 g/mol. The van der Waals surface area contributed by atoms with Crippen LogP contribution in [0.25, 0.3) is 10.9 Å². The first-order valence-electron chi connectivity index (χ1n) is 10.4. The summed E-state index contributed by atoms with van der Waals surface area (Å²) >= 11 is 0. The zero-order chi connectivity index (χ0) is 20.2. The fourth-order valence-electron chi connectivity index (χ4n) is 3.98. The number of carbonyl (C=O) groups excluding carboxylic acids is 1. The third kappa shape index (κ3) is 3.95. The lowest BCUT2D eigenvalue weighted by atomic mass is 9.84. The van der Waals surface area contributed by atoms with Gasteiger partial charge in [0.25, 0.3) is 0 Å². The van der Waals surface area contributed by atoms with Gasteiger partial charge < -0.3 is 19.8 Å². The van der Waals surface area contributed by atoms with Crippen molar-refractivity contribution < 1.29 is 14.3 Å². The molecule has 152 valence electrons. The number of benzene rings is 2. The molecular formula is C24H28N2O3. The highest BCUT2D eigenvalue weighted by molar-refractivity contribution is 5.84. The number of fused-ring (bicyclic) bond motifs is 1. The number of aromatic amines is 1. The van der Waals surface area contributed by atoms with Crippen molar-refractivity contribution in [1.82, 2.24) is 10.3 Å². The smallest absolute Gasteiger partial charge is 0.223 e. The summed E-state index contributed by atoms with van der Waals surface area (Å²) in [5.41, 5.74) is 3.35. The maximum absolute atomic E-state index is 12.5. The summed E-state index contributed by atoms with van der Waals surface area (Å²) in [5, 5.41) is 4.36. The first-order chi connectivity index (χ1) is 14.2. The number of aromatic nitrogens is 1. The Labute approximate surface area is 171 Å². The summed E-state index contributed by atoms with van der Waals surface area (Å²) in [4.78, 5) is 15.9. The minimum atomic E-state index is 0.0137. The van der Waals surface area contributed by atoms with Gasteiger partial charge in [0, 0.05) is 35.5 Å². The predicted molar refractivity (Wildman–Crippen MR) is 115 cm³/mol. The number of amides is 1. The Morgan fingerprint density at radius 2 is 2.03 bits per heavy atom. The molecule has 0 radical (unpaired) electrons. The second kappa shape index (κ2) is 8.60. The molecule has 0 saturated heterocycles. The van der Waals surface area contributed by atoms with Crippen LogP contribution in [0.4, 0.5) is 0 Å². The van der Waals surface area contributed by atoms with Gasteiger partial charge in [0.1, 0.15) is 0 Å². The fourth-order valence-corrected chi connectivity index (χ4v) is 3.98. The molecule has 5 nitrogen and oxygen atoms in total. The molecule has 2 aromatic carbocycles. The maximum atomic E-state index is 12.5. The van der Waals surface area contributed by atoms with Gasteiger partial charge in [-0.25, -0.2) is 0 Å². The van der Waals surface area contributed by atoms with Crippen molar-refractivity contribution in [2.75, 3.05) is 20.3 Å². The van der Waals surface area contributed by atoms with Crippen LogP contribution in [0.15, 0.2) is 48.7 Å². The van der Waals surface area contributed by atoms with Gasteiger partial charge in [-0.3, -0.25) is 4.79 Å². The Hall–Kier alpha value is -2.95. The SMILES string of the molecule is CCOc1ccc([C@H](CNC(=O)C2CCC2)c2c[nH]c3ccccc23)cc1OC. The summed E-state index contributed by atoms with van der Waals surface area (Å²) in [6.45, 7) is 3.09. The standard InChI is InChI=1S/C24H28N2O3/c1-3-29-22-12-11-17(13-23(22)28-2)19(14-26-24(27)16-7-6-8-16)20-15-25-21-10-5-4-9-18(20)21/h4-5,9-13,15-16,19,25H,3,6-8,14H2,1-2H3,(H,26,27)/t19-/m0/s1. The third-order valence-electron chi connectivity index (χ3n) is 5.84. The minimum Gasteiger partial charge on any atom is -0.493 e. The van der Waals surface area contributed by atoms with Crippen molar-refractivity contribution in [2.45, 2.75) is 32.1 Å². The summed E-state index contributed by atoms with van der Waals surface area (Å²) < 4.78 is 11.2. The van der Waals surface area contributed by atoms with Gasteiger partial charge in [0.2, 0.25) is 5.91 Å². The van der Waals surface area contributed by atoms with Crippen LogP contribution in [0.5, 0.6) is 11.5 Å². The Bertz CT molecular complexity index is 991. The van der Waals surface area contributed by atoms with E-state index < -0.39 is 0 Å².